The molecule has 1 unspecified atom stereocenters. The number of nitrogens with one attached hydrogen (secondary N) is 2. The Morgan fingerprint density at radius 2 is 2.17 bits per heavy atom. The molecule has 0 saturated carbocycles. The normalized spacial score (nSPS) is 11.8. The van der Waals surface area contributed by atoms with Crippen LogP contribution < -0.4 is 10.6 Å². The highest BCUT2D eigenvalue weighted by atomic mass is 19.1. The number of anilines is 1. The summed E-state index contributed by atoms with van der Waals surface area (Å²) in [5.74, 6) is -0.418. The summed E-state index contributed by atoms with van der Waals surface area (Å²) >= 11 is 0. The summed E-state index contributed by atoms with van der Waals surface area (Å²) in [7, 11) is 0. The molecule has 2 amide bonds. The highest BCUT2D eigenvalue weighted by molar-refractivity contribution is 5.89. The summed E-state index contributed by atoms with van der Waals surface area (Å²) in [6.45, 7) is 3.60. The maximum Gasteiger partial charge on any atom is 0.320 e. The Morgan fingerprint density at radius 3 is 2.79 bits per heavy atom. The summed E-state index contributed by atoms with van der Waals surface area (Å²) in [5.41, 5.74) is 0.327. The van der Waals surface area contributed by atoms with Crippen molar-refractivity contribution in [3.63, 3.8) is 0 Å². The number of hydrogen-bond donors (Lipinski definition) is 3. The molecule has 0 bridgehead atoms. The van der Waals surface area contributed by atoms with Gasteiger partial charge in [-0.1, -0.05) is 18.2 Å². The average Bonchev–Trinajstić information content (AvgIpc) is 2.96. The molecule has 0 saturated heterocycles. The molecule has 0 fully saturated rings. The van der Waals surface area contributed by atoms with Crippen molar-refractivity contribution in [2.75, 3.05) is 11.9 Å². The maximum absolute atomic E-state index is 13.6. The van der Waals surface area contributed by atoms with Crippen LogP contribution in [0.1, 0.15) is 37.1 Å². The van der Waals surface area contributed by atoms with E-state index in [1.165, 1.54) is 24.4 Å². The van der Waals surface area contributed by atoms with E-state index in [2.05, 4.69) is 15.7 Å². The molecule has 0 aliphatic carbocycles. The van der Waals surface area contributed by atoms with Gasteiger partial charge in [0.2, 0.25) is 0 Å². The number of nitrogens with zero attached hydrogens (tertiary/aromatic N) is 3. The lowest BCUT2D eigenvalue weighted by Gasteiger charge is -2.13. The van der Waals surface area contributed by atoms with Gasteiger partial charge in [-0.15, -0.1) is 0 Å². The Hall–Kier alpha value is -2.92. The number of carbonyl (C=O) groups excluding carboxylic acids is 1. The second-order valence-electron chi connectivity index (χ2n) is 5.45. The smallest absolute Gasteiger partial charge is 0.320 e. The zero-order valence-electron chi connectivity index (χ0n) is 13.3. The average molecular weight is 331 g/mol. The number of carbonyl (C=O) groups is 1. The van der Waals surface area contributed by atoms with Crippen molar-refractivity contribution < 1.29 is 14.3 Å². The number of hydrogen-bond acceptors (Lipinski definition) is 4. The van der Waals surface area contributed by atoms with Crippen molar-refractivity contribution in [1.29, 1.82) is 5.26 Å². The summed E-state index contributed by atoms with van der Waals surface area (Å²) in [4.78, 5) is 11.9. The number of nitriles is 1. The first-order valence-corrected chi connectivity index (χ1v) is 7.39. The third-order valence-corrected chi connectivity index (χ3v) is 3.33. The van der Waals surface area contributed by atoms with Gasteiger partial charge >= 0.3 is 6.03 Å². The Balaban J connectivity index is 1.97. The fourth-order valence-corrected chi connectivity index (χ4v) is 2.03. The number of aromatic nitrogens is 2. The van der Waals surface area contributed by atoms with Crippen LogP contribution in [0.3, 0.4) is 0 Å². The maximum atomic E-state index is 13.6. The first-order chi connectivity index (χ1) is 11.4. The molecule has 24 heavy (non-hydrogen) atoms. The fourth-order valence-electron chi connectivity index (χ4n) is 2.03. The quantitative estimate of drug-likeness (QED) is 0.782. The predicted octanol–water partition coefficient (Wildman–Crippen LogP) is 2.33. The van der Waals surface area contributed by atoms with Crippen LogP contribution in [0.2, 0.25) is 0 Å². The standard InChI is InChI=1S/C16H18FN5O2/c1-10(2)22-9-11(7-18)15(21-22)20-16(24)19-8-14(23)12-5-3-4-6-13(12)17/h3-6,9-10,14,23H,8H2,1-2H3,(H2,19,20,21,24). The van der Waals surface area contributed by atoms with Crippen molar-refractivity contribution >= 4 is 11.8 Å². The Morgan fingerprint density at radius 1 is 1.46 bits per heavy atom. The minimum atomic E-state index is -1.18. The summed E-state index contributed by atoms with van der Waals surface area (Å²) in [6, 6.07) is 7.13. The Labute approximate surface area is 138 Å². The highest BCUT2D eigenvalue weighted by Crippen LogP contribution is 2.17. The lowest BCUT2D eigenvalue weighted by molar-refractivity contribution is 0.170. The molecular formula is C16H18FN5O2. The third kappa shape index (κ3) is 4.08. The number of amides is 2. The van der Waals surface area contributed by atoms with Crippen molar-refractivity contribution in [3.05, 3.63) is 47.4 Å². The molecule has 126 valence electrons. The zero-order chi connectivity index (χ0) is 17.7. The second kappa shape index (κ2) is 7.57. The molecule has 0 aliphatic heterocycles. The van der Waals surface area contributed by atoms with E-state index < -0.39 is 18.0 Å². The topological polar surface area (TPSA) is 103 Å². The van der Waals surface area contributed by atoms with E-state index in [1.54, 1.807) is 10.7 Å². The molecular weight excluding hydrogens is 313 g/mol. The van der Waals surface area contributed by atoms with Crippen LogP contribution in [0.4, 0.5) is 15.0 Å². The molecule has 0 aliphatic rings. The molecule has 3 N–H and O–H groups in total. The van der Waals surface area contributed by atoms with Crippen molar-refractivity contribution in [2.45, 2.75) is 26.0 Å². The van der Waals surface area contributed by atoms with Crippen molar-refractivity contribution in [3.8, 4) is 6.07 Å². The number of urea groups is 1. The highest BCUT2D eigenvalue weighted by Gasteiger charge is 2.16. The van der Waals surface area contributed by atoms with Gasteiger partial charge in [0.15, 0.2) is 5.82 Å². The molecule has 7 nitrogen and oxygen atoms in total. The van der Waals surface area contributed by atoms with Crippen molar-refractivity contribution in [1.82, 2.24) is 15.1 Å². The molecule has 2 rings (SSSR count). The van der Waals surface area contributed by atoms with E-state index >= 15 is 0 Å². The number of aliphatic hydroxyl groups excluding tert-OH is 1. The van der Waals surface area contributed by atoms with E-state index in [4.69, 9.17) is 5.26 Å². The van der Waals surface area contributed by atoms with Crippen LogP contribution in [-0.2, 0) is 0 Å². The first-order valence-electron chi connectivity index (χ1n) is 7.39. The Kier molecular flexibility index (Phi) is 5.50. The lowest BCUT2D eigenvalue weighted by Crippen LogP contribution is -2.33. The summed E-state index contributed by atoms with van der Waals surface area (Å²) < 4.78 is 15.1. The molecule has 1 heterocycles. The molecule has 1 aromatic carbocycles. The van der Waals surface area contributed by atoms with Gasteiger partial charge in [0.25, 0.3) is 0 Å². The van der Waals surface area contributed by atoms with Gasteiger partial charge < -0.3 is 10.4 Å². The van der Waals surface area contributed by atoms with E-state index in [1.807, 2.05) is 19.9 Å². The predicted molar refractivity (Wildman–Crippen MR) is 85.7 cm³/mol. The summed E-state index contributed by atoms with van der Waals surface area (Å²) in [5, 5.41) is 28.0. The molecule has 8 heteroatoms. The van der Waals surface area contributed by atoms with Gasteiger partial charge in [0.1, 0.15) is 17.4 Å². The van der Waals surface area contributed by atoms with E-state index in [0.29, 0.717) is 0 Å². The van der Waals surface area contributed by atoms with Crippen LogP contribution in [0.15, 0.2) is 30.5 Å². The fraction of sp³-hybridized carbons (Fsp3) is 0.312. The molecule has 1 atom stereocenters. The third-order valence-electron chi connectivity index (χ3n) is 3.33. The zero-order valence-corrected chi connectivity index (χ0v) is 13.3. The van der Waals surface area contributed by atoms with Crippen LogP contribution in [0, 0.1) is 17.1 Å². The first kappa shape index (κ1) is 17.4. The van der Waals surface area contributed by atoms with Gasteiger partial charge in [-0.05, 0) is 19.9 Å². The molecule has 2 aromatic rings. The lowest BCUT2D eigenvalue weighted by atomic mass is 10.1. The SMILES string of the molecule is CC(C)n1cc(C#N)c(NC(=O)NCC(O)c2ccccc2F)n1. The molecule has 0 radical (unpaired) electrons. The monoisotopic (exact) mass is 331 g/mol. The number of halogens is 1. The van der Waals surface area contributed by atoms with Crippen LogP contribution in [-0.4, -0.2) is 27.5 Å². The van der Waals surface area contributed by atoms with Gasteiger partial charge in [0.05, 0.1) is 6.10 Å². The van der Waals surface area contributed by atoms with Crippen LogP contribution >= 0.6 is 0 Å². The van der Waals surface area contributed by atoms with Gasteiger partial charge in [-0.2, -0.15) is 10.4 Å². The van der Waals surface area contributed by atoms with Crippen LogP contribution in [0.25, 0.3) is 0 Å². The minimum absolute atomic E-state index is 0.0404. The van der Waals surface area contributed by atoms with Gasteiger partial charge in [-0.3, -0.25) is 10.00 Å². The van der Waals surface area contributed by atoms with Crippen molar-refractivity contribution in [2.24, 2.45) is 0 Å². The van der Waals surface area contributed by atoms with E-state index in [0.717, 1.165) is 0 Å². The minimum Gasteiger partial charge on any atom is -0.386 e. The van der Waals surface area contributed by atoms with E-state index in [9.17, 15) is 14.3 Å². The number of rotatable bonds is 5. The van der Waals surface area contributed by atoms with Gasteiger partial charge in [-0.25, -0.2) is 9.18 Å². The van der Waals surface area contributed by atoms with E-state index in [-0.39, 0.29) is 29.5 Å². The largest absolute Gasteiger partial charge is 0.386 e. The Bertz CT molecular complexity index is 766. The second-order valence-corrected chi connectivity index (χ2v) is 5.45. The molecule has 0 spiro atoms. The summed E-state index contributed by atoms with van der Waals surface area (Å²) in [6.07, 6.45) is 0.356. The molecule has 1 aromatic heterocycles. The van der Waals surface area contributed by atoms with Crippen LogP contribution in [0.5, 0.6) is 0 Å². The number of aliphatic hydroxyl groups is 1. The van der Waals surface area contributed by atoms with Gasteiger partial charge in [0, 0.05) is 24.3 Å². The number of benzene rings is 1.